The summed E-state index contributed by atoms with van der Waals surface area (Å²) in [5.74, 6) is -0.0247. The van der Waals surface area contributed by atoms with E-state index in [0.29, 0.717) is 19.6 Å². The lowest BCUT2D eigenvalue weighted by atomic mass is 10.1. The fourth-order valence-electron chi connectivity index (χ4n) is 1.60. The first-order chi connectivity index (χ1) is 7.88. The molecule has 0 atom stereocenters. The van der Waals surface area contributed by atoms with Gasteiger partial charge in [0.05, 0.1) is 6.54 Å². The van der Waals surface area contributed by atoms with Gasteiger partial charge in [0.2, 0.25) is 5.91 Å². The molecule has 17 heavy (non-hydrogen) atoms. The Hall–Kier alpha value is -1.30. The van der Waals surface area contributed by atoms with Gasteiger partial charge in [-0.3, -0.25) is 4.79 Å². The van der Waals surface area contributed by atoms with Crippen LogP contribution in [-0.2, 0) is 4.79 Å². The lowest BCUT2D eigenvalue weighted by Gasteiger charge is -2.21. The van der Waals surface area contributed by atoms with Crippen LogP contribution in [0.1, 0.15) is 20.8 Å². The number of hydrogen-bond donors (Lipinski definition) is 3. The van der Waals surface area contributed by atoms with Gasteiger partial charge in [0.25, 0.3) is 0 Å². The average molecular weight is 242 g/mol. The maximum Gasteiger partial charge on any atom is 0.317 e. The van der Waals surface area contributed by atoms with Crippen molar-refractivity contribution >= 4 is 11.9 Å². The first kappa shape index (κ1) is 13.8. The summed E-state index contributed by atoms with van der Waals surface area (Å²) in [7, 11) is 0. The minimum Gasteiger partial charge on any atom is -0.350 e. The predicted molar refractivity (Wildman–Crippen MR) is 65.7 cm³/mol. The van der Waals surface area contributed by atoms with Gasteiger partial charge in [0, 0.05) is 31.7 Å². The molecule has 0 unspecified atom stereocenters. The van der Waals surface area contributed by atoms with Crippen molar-refractivity contribution in [3.63, 3.8) is 0 Å². The zero-order valence-electron chi connectivity index (χ0n) is 10.8. The maximum absolute atomic E-state index is 11.5. The highest BCUT2D eigenvalue weighted by Crippen LogP contribution is 1.97. The Morgan fingerprint density at radius 1 is 1.47 bits per heavy atom. The first-order valence-corrected chi connectivity index (χ1v) is 5.93. The van der Waals surface area contributed by atoms with Crippen LogP contribution < -0.4 is 16.0 Å². The number of carbonyl (C=O) groups excluding carboxylic acids is 2. The normalized spacial score (nSPS) is 15.9. The lowest BCUT2D eigenvalue weighted by molar-refractivity contribution is -0.121. The zero-order chi connectivity index (χ0) is 12.9. The third-order valence-electron chi connectivity index (χ3n) is 2.30. The molecule has 1 aliphatic heterocycles. The Bertz CT molecular complexity index is 286. The number of amides is 3. The second kappa shape index (κ2) is 5.86. The van der Waals surface area contributed by atoms with E-state index in [9.17, 15) is 9.59 Å². The van der Waals surface area contributed by atoms with Crippen LogP contribution in [0.2, 0.25) is 0 Å². The molecule has 0 spiro atoms. The molecule has 0 aromatic carbocycles. The molecular weight excluding hydrogens is 220 g/mol. The standard InChI is InChI=1S/C11H22N4O2/c1-11(2,3)14-9(16)8-12-4-6-15-7-5-13-10(15)17/h12H,4-8H2,1-3H3,(H,13,17)(H,14,16). The molecule has 0 aromatic heterocycles. The van der Waals surface area contributed by atoms with Gasteiger partial charge in [-0.1, -0.05) is 0 Å². The molecule has 3 N–H and O–H groups in total. The van der Waals surface area contributed by atoms with Crippen molar-refractivity contribution in [2.45, 2.75) is 26.3 Å². The van der Waals surface area contributed by atoms with Gasteiger partial charge in [-0.25, -0.2) is 4.79 Å². The number of rotatable bonds is 5. The van der Waals surface area contributed by atoms with Crippen molar-refractivity contribution < 1.29 is 9.59 Å². The summed E-state index contributed by atoms with van der Waals surface area (Å²) in [4.78, 5) is 24.4. The van der Waals surface area contributed by atoms with Crippen molar-refractivity contribution in [3.05, 3.63) is 0 Å². The monoisotopic (exact) mass is 242 g/mol. The summed E-state index contributed by atoms with van der Waals surface area (Å²) < 4.78 is 0. The van der Waals surface area contributed by atoms with Crippen molar-refractivity contribution in [1.29, 1.82) is 0 Å². The van der Waals surface area contributed by atoms with Crippen molar-refractivity contribution in [2.75, 3.05) is 32.7 Å². The van der Waals surface area contributed by atoms with Crippen LogP contribution >= 0.6 is 0 Å². The number of urea groups is 1. The molecule has 98 valence electrons. The van der Waals surface area contributed by atoms with Gasteiger partial charge < -0.3 is 20.9 Å². The molecule has 1 aliphatic rings. The summed E-state index contributed by atoms with van der Waals surface area (Å²) in [6.07, 6.45) is 0. The summed E-state index contributed by atoms with van der Waals surface area (Å²) >= 11 is 0. The third kappa shape index (κ3) is 5.53. The Morgan fingerprint density at radius 2 is 2.18 bits per heavy atom. The van der Waals surface area contributed by atoms with E-state index in [1.807, 2.05) is 20.8 Å². The molecule has 0 saturated carbocycles. The minimum absolute atomic E-state index is 0.0223. The molecule has 1 heterocycles. The number of nitrogens with zero attached hydrogens (tertiary/aromatic N) is 1. The zero-order valence-corrected chi connectivity index (χ0v) is 10.8. The Morgan fingerprint density at radius 3 is 2.71 bits per heavy atom. The van der Waals surface area contributed by atoms with Crippen LogP contribution in [0.25, 0.3) is 0 Å². The molecule has 6 heteroatoms. The molecule has 0 bridgehead atoms. The molecule has 0 aliphatic carbocycles. The third-order valence-corrected chi connectivity index (χ3v) is 2.30. The largest absolute Gasteiger partial charge is 0.350 e. The van der Waals surface area contributed by atoms with E-state index < -0.39 is 0 Å². The molecule has 3 amide bonds. The van der Waals surface area contributed by atoms with Gasteiger partial charge in [0.15, 0.2) is 0 Å². The quantitative estimate of drug-likeness (QED) is 0.570. The Labute approximate surface area is 102 Å². The van der Waals surface area contributed by atoms with Gasteiger partial charge in [-0.15, -0.1) is 0 Å². The van der Waals surface area contributed by atoms with Crippen molar-refractivity contribution in [2.24, 2.45) is 0 Å². The van der Waals surface area contributed by atoms with Crippen LogP contribution in [0.5, 0.6) is 0 Å². The van der Waals surface area contributed by atoms with Gasteiger partial charge in [-0.05, 0) is 20.8 Å². The van der Waals surface area contributed by atoms with Gasteiger partial charge in [0.1, 0.15) is 0 Å². The molecule has 6 nitrogen and oxygen atoms in total. The molecular formula is C11H22N4O2. The van der Waals surface area contributed by atoms with Crippen molar-refractivity contribution in [1.82, 2.24) is 20.9 Å². The van der Waals surface area contributed by atoms with E-state index in [0.717, 1.165) is 6.54 Å². The van der Waals surface area contributed by atoms with E-state index in [4.69, 9.17) is 0 Å². The number of hydrogen-bond acceptors (Lipinski definition) is 3. The highest BCUT2D eigenvalue weighted by molar-refractivity contribution is 5.78. The van der Waals surface area contributed by atoms with Gasteiger partial charge >= 0.3 is 6.03 Å². The summed E-state index contributed by atoms with van der Waals surface area (Å²) in [5, 5.41) is 8.61. The Kier molecular flexibility index (Phi) is 4.74. The summed E-state index contributed by atoms with van der Waals surface area (Å²) in [6, 6.07) is -0.0223. The fraction of sp³-hybridized carbons (Fsp3) is 0.818. The number of nitrogens with one attached hydrogen (secondary N) is 3. The van der Waals surface area contributed by atoms with Crippen LogP contribution in [0.15, 0.2) is 0 Å². The lowest BCUT2D eigenvalue weighted by Crippen LogP contribution is -2.46. The molecule has 1 fully saturated rings. The van der Waals surface area contributed by atoms with E-state index in [-0.39, 0.29) is 24.0 Å². The Balaban J connectivity index is 2.08. The summed E-state index contributed by atoms with van der Waals surface area (Å²) in [6.45, 7) is 8.84. The average Bonchev–Trinajstić information content (AvgIpc) is 2.56. The highest BCUT2D eigenvalue weighted by atomic mass is 16.2. The van der Waals surface area contributed by atoms with Crippen molar-refractivity contribution in [3.8, 4) is 0 Å². The van der Waals surface area contributed by atoms with Crippen LogP contribution in [-0.4, -0.2) is 55.1 Å². The second-order valence-electron chi connectivity index (χ2n) is 5.19. The van der Waals surface area contributed by atoms with Crippen LogP contribution in [0, 0.1) is 0 Å². The smallest absolute Gasteiger partial charge is 0.317 e. The van der Waals surface area contributed by atoms with E-state index >= 15 is 0 Å². The van der Waals surface area contributed by atoms with Crippen LogP contribution in [0.3, 0.4) is 0 Å². The first-order valence-electron chi connectivity index (χ1n) is 5.93. The SMILES string of the molecule is CC(C)(C)NC(=O)CNCCN1CCNC1=O. The molecule has 0 aromatic rings. The van der Waals surface area contributed by atoms with E-state index in [1.54, 1.807) is 4.90 Å². The minimum atomic E-state index is -0.201. The second-order valence-corrected chi connectivity index (χ2v) is 5.19. The summed E-state index contributed by atoms with van der Waals surface area (Å²) in [5.41, 5.74) is -0.201. The van der Waals surface area contributed by atoms with E-state index in [2.05, 4.69) is 16.0 Å². The van der Waals surface area contributed by atoms with E-state index in [1.165, 1.54) is 0 Å². The number of carbonyl (C=O) groups is 2. The van der Waals surface area contributed by atoms with Gasteiger partial charge in [-0.2, -0.15) is 0 Å². The maximum atomic E-state index is 11.5. The fourth-order valence-corrected chi connectivity index (χ4v) is 1.60. The highest BCUT2D eigenvalue weighted by Gasteiger charge is 2.18. The molecule has 1 rings (SSSR count). The van der Waals surface area contributed by atoms with Crippen LogP contribution in [0.4, 0.5) is 4.79 Å². The predicted octanol–water partition coefficient (Wildman–Crippen LogP) is -0.484. The molecule has 0 radical (unpaired) electrons. The topological polar surface area (TPSA) is 73.5 Å². The molecule has 1 saturated heterocycles.